The number of carbonyl (C=O) groups is 1. The molecule has 1 aromatic rings. The lowest BCUT2D eigenvalue weighted by molar-refractivity contribution is 0.200. The zero-order valence-electron chi connectivity index (χ0n) is 12.3. The van der Waals surface area contributed by atoms with Crippen LogP contribution in [-0.2, 0) is 0 Å². The van der Waals surface area contributed by atoms with Crippen molar-refractivity contribution in [3.8, 4) is 5.75 Å². The van der Waals surface area contributed by atoms with Gasteiger partial charge >= 0.3 is 6.03 Å². The second-order valence-corrected chi connectivity index (χ2v) is 4.58. The summed E-state index contributed by atoms with van der Waals surface area (Å²) in [6.45, 7) is 10.5. The number of benzene rings is 1. The Morgan fingerprint density at radius 1 is 1.16 bits per heavy atom. The van der Waals surface area contributed by atoms with Crippen molar-refractivity contribution in [2.45, 2.75) is 27.7 Å². The van der Waals surface area contributed by atoms with Crippen molar-refractivity contribution in [3.05, 3.63) is 29.3 Å². The minimum absolute atomic E-state index is 0.0333. The predicted molar refractivity (Wildman–Crippen MR) is 77.7 cm³/mol. The van der Waals surface area contributed by atoms with Gasteiger partial charge in [-0.15, -0.1) is 0 Å². The molecule has 4 nitrogen and oxygen atoms in total. The summed E-state index contributed by atoms with van der Waals surface area (Å²) in [6, 6.07) is 6.07. The molecule has 2 amide bonds. The molecule has 1 aromatic carbocycles. The molecule has 0 aliphatic rings. The van der Waals surface area contributed by atoms with Gasteiger partial charge in [0.25, 0.3) is 0 Å². The van der Waals surface area contributed by atoms with E-state index in [0.29, 0.717) is 13.2 Å². The molecule has 0 saturated carbocycles. The summed E-state index contributed by atoms with van der Waals surface area (Å²) in [5, 5.41) is 2.85. The minimum atomic E-state index is -0.0333. The molecule has 1 rings (SSSR count). The van der Waals surface area contributed by atoms with Gasteiger partial charge in [-0.1, -0.05) is 6.07 Å². The number of ether oxygens (including phenoxy) is 1. The first-order valence-corrected chi connectivity index (χ1v) is 6.80. The highest BCUT2D eigenvalue weighted by Gasteiger charge is 2.07. The van der Waals surface area contributed by atoms with E-state index in [1.54, 1.807) is 4.90 Å². The Balaban J connectivity index is 2.32. The van der Waals surface area contributed by atoms with Gasteiger partial charge in [-0.3, -0.25) is 0 Å². The van der Waals surface area contributed by atoms with Crippen molar-refractivity contribution in [2.24, 2.45) is 0 Å². The Bertz CT molecular complexity index is 394. The van der Waals surface area contributed by atoms with Crippen LogP contribution in [0.4, 0.5) is 4.79 Å². The smallest absolute Gasteiger partial charge is 0.317 e. The first-order valence-electron chi connectivity index (χ1n) is 6.80. The third-order valence-electron chi connectivity index (χ3n) is 2.89. The normalized spacial score (nSPS) is 10.1. The molecule has 0 fully saturated rings. The molecule has 19 heavy (non-hydrogen) atoms. The van der Waals surface area contributed by atoms with Crippen LogP contribution in [0.2, 0.25) is 0 Å². The Labute approximate surface area is 115 Å². The van der Waals surface area contributed by atoms with E-state index in [9.17, 15) is 4.79 Å². The number of urea groups is 1. The van der Waals surface area contributed by atoms with E-state index < -0.39 is 0 Å². The largest absolute Gasteiger partial charge is 0.492 e. The maximum absolute atomic E-state index is 11.7. The Kier molecular flexibility index (Phi) is 6.19. The molecule has 0 unspecified atom stereocenters. The number of amides is 2. The number of carbonyl (C=O) groups excluding carboxylic acids is 1. The summed E-state index contributed by atoms with van der Waals surface area (Å²) in [5.41, 5.74) is 2.37. The van der Waals surface area contributed by atoms with Gasteiger partial charge in [-0.25, -0.2) is 4.79 Å². The van der Waals surface area contributed by atoms with Gasteiger partial charge in [-0.2, -0.15) is 0 Å². The standard InChI is InChI=1S/C15H24N2O2/c1-5-17(6-2)15(18)16-7-8-19-14-10-12(3)9-13(4)11-14/h9-11H,5-8H2,1-4H3,(H,16,18). The van der Waals surface area contributed by atoms with Crippen LogP contribution in [0.25, 0.3) is 0 Å². The predicted octanol–water partition coefficient (Wildman–Crippen LogP) is 2.73. The van der Waals surface area contributed by atoms with Gasteiger partial charge in [0.2, 0.25) is 0 Å². The van der Waals surface area contributed by atoms with Crippen LogP contribution in [0.3, 0.4) is 0 Å². The number of aryl methyl sites for hydroxylation is 2. The van der Waals surface area contributed by atoms with E-state index in [0.717, 1.165) is 18.8 Å². The molecule has 0 aromatic heterocycles. The quantitative estimate of drug-likeness (QED) is 0.803. The molecule has 0 radical (unpaired) electrons. The summed E-state index contributed by atoms with van der Waals surface area (Å²) in [6.07, 6.45) is 0. The molecule has 0 aliphatic carbocycles. The Morgan fingerprint density at radius 3 is 2.26 bits per heavy atom. The van der Waals surface area contributed by atoms with Crippen molar-refractivity contribution in [1.29, 1.82) is 0 Å². The number of rotatable bonds is 6. The van der Waals surface area contributed by atoms with E-state index in [4.69, 9.17) is 4.74 Å². The van der Waals surface area contributed by atoms with Crippen molar-refractivity contribution < 1.29 is 9.53 Å². The van der Waals surface area contributed by atoms with Gasteiger partial charge in [-0.05, 0) is 51.0 Å². The van der Waals surface area contributed by atoms with Crippen LogP contribution >= 0.6 is 0 Å². The average Bonchev–Trinajstić information content (AvgIpc) is 2.35. The molecule has 0 bridgehead atoms. The van der Waals surface area contributed by atoms with Crippen molar-refractivity contribution in [1.82, 2.24) is 10.2 Å². The van der Waals surface area contributed by atoms with E-state index in [1.807, 2.05) is 39.8 Å². The number of nitrogens with zero attached hydrogens (tertiary/aromatic N) is 1. The zero-order valence-corrected chi connectivity index (χ0v) is 12.3. The molecule has 1 N–H and O–H groups in total. The topological polar surface area (TPSA) is 41.6 Å². The molecular formula is C15H24N2O2. The maximum atomic E-state index is 11.7. The van der Waals surface area contributed by atoms with E-state index >= 15 is 0 Å². The van der Waals surface area contributed by atoms with Crippen LogP contribution in [0.1, 0.15) is 25.0 Å². The Hall–Kier alpha value is -1.71. The molecule has 0 atom stereocenters. The zero-order chi connectivity index (χ0) is 14.3. The van der Waals surface area contributed by atoms with Gasteiger partial charge in [0.1, 0.15) is 12.4 Å². The second-order valence-electron chi connectivity index (χ2n) is 4.58. The Morgan fingerprint density at radius 2 is 1.74 bits per heavy atom. The fraction of sp³-hybridized carbons (Fsp3) is 0.533. The first-order chi connectivity index (χ1) is 9.06. The average molecular weight is 264 g/mol. The molecular weight excluding hydrogens is 240 g/mol. The first kappa shape index (κ1) is 15.3. The third kappa shape index (κ3) is 5.20. The fourth-order valence-electron chi connectivity index (χ4n) is 1.97. The molecule has 4 heteroatoms. The lowest BCUT2D eigenvalue weighted by atomic mass is 10.1. The highest BCUT2D eigenvalue weighted by atomic mass is 16.5. The highest BCUT2D eigenvalue weighted by Crippen LogP contribution is 2.15. The maximum Gasteiger partial charge on any atom is 0.317 e. The fourth-order valence-corrected chi connectivity index (χ4v) is 1.97. The van der Waals surface area contributed by atoms with E-state index in [2.05, 4.69) is 11.4 Å². The van der Waals surface area contributed by atoms with Gasteiger partial charge in [0, 0.05) is 13.1 Å². The van der Waals surface area contributed by atoms with Gasteiger partial charge < -0.3 is 15.0 Å². The molecule has 0 saturated heterocycles. The van der Waals surface area contributed by atoms with Crippen molar-refractivity contribution in [3.63, 3.8) is 0 Å². The van der Waals surface area contributed by atoms with Crippen LogP contribution < -0.4 is 10.1 Å². The summed E-state index contributed by atoms with van der Waals surface area (Å²) in [7, 11) is 0. The highest BCUT2D eigenvalue weighted by molar-refractivity contribution is 5.74. The summed E-state index contributed by atoms with van der Waals surface area (Å²) in [5.74, 6) is 0.856. The molecule has 0 aliphatic heterocycles. The van der Waals surface area contributed by atoms with Crippen LogP contribution in [0.15, 0.2) is 18.2 Å². The number of hydrogen-bond donors (Lipinski definition) is 1. The second kappa shape index (κ2) is 7.67. The van der Waals surface area contributed by atoms with E-state index in [-0.39, 0.29) is 6.03 Å². The number of hydrogen-bond acceptors (Lipinski definition) is 2. The van der Waals surface area contributed by atoms with Crippen molar-refractivity contribution >= 4 is 6.03 Å². The SMILES string of the molecule is CCN(CC)C(=O)NCCOc1cc(C)cc(C)c1. The third-order valence-corrected chi connectivity index (χ3v) is 2.89. The van der Waals surface area contributed by atoms with Gasteiger partial charge in [0.15, 0.2) is 0 Å². The van der Waals surface area contributed by atoms with Crippen LogP contribution in [0.5, 0.6) is 5.75 Å². The molecule has 0 spiro atoms. The number of nitrogens with one attached hydrogen (secondary N) is 1. The summed E-state index contributed by atoms with van der Waals surface area (Å²) in [4.78, 5) is 13.4. The lowest BCUT2D eigenvalue weighted by Crippen LogP contribution is -2.41. The van der Waals surface area contributed by atoms with Gasteiger partial charge in [0.05, 0.1) is 6.54 Å². The summed E-state index contributed by atoms with van der Waals surface area (Å²) < 4.78 is 5.63. The lowest BCUT2D eigenvalue weighted by Gasteiger charge is -2.19. The van der Waals surface area contributed by atoms with Crippen molar-refractivity contribution in [2.75, 3.05) is 26.2 Å². The molecule has 106 valence electrons. The van der Waals surface area contributed by atoms with E-state index in [1.165, 1.54) is 11.1 Å². The minimum Gasteiger partial charge on any atom is -0.492 e. The summed E-state index contributed by atoms with van der Waals surface area (Å²) >= 11 is 0. The monoisotopic (exact) mass is 264 g/mol. The van der Waals surface area contributed by atoms with Crippen LogP contribution in [-0.4, -0.2) is 37.2 Å². The van der Waals surface area contributed by atoms with Crippen LogP contribution in [0, 0.1) is 13.8 Å². The molecule has 0 heterocycles.